The summed E-state index contributed by atoms with van der Waals surface area (Å²) in [4.78, 5) is 29.4. The van der Waals surface area contributed by atoms with E-state index in [4.69, 9.17) is 16.7 Å². The standard InChI is InChI=1S/C30H29ClN6O3/c1-17-21(11-10-19(14-32)25(17)31)37-28(39)26-22-12-20(36(26)29(37)40)16-34(22)27(38)23-13-24(30(2,3)4)33-35(23)15-18-8-6-5-7-9-18/h5-11,13,20,22,39H,12,15-16H2,1-4H3/t20-,22?/m1/s1. The molecule has 0 aliphatic carbocycles. The minimum Gasteiger partial charge on any atom is -0.493 e. The van der Waals surface area contributed by atoms with Crippen LogP contribution in [-0.4, -0.2) is 41.4 Å². The maximum absolute atomic E-state index is 14.1. The highest BCUT2D eigenvalue weighted by Crippen LogP contribution is 2.49. The molecular weight excluding hydrogens is 528 g/mol. The number of fused-ring (bicyclic) bond motifs is 5. The van der Waals surface area contributed by atoms with Crippen molar-refractivity contribution in [3.63, 3.8) is 0 Å². The van der Waals surface area contributed by atoms with Crippen LogP contribution in [0.5, 0.6) is 5.88 Å². The number of nitrogens with zero attached hydrogens (tertiary/aromatic N) is 6. The summed E-state index contributed by atoms with van der Waals surface area (Å²) >= 11 is 6.37. The highest BCUT2D eigenvalue weighted by atomic mass is 35.5. The Kier molecular flexibility index (Phi) is 5.93. The van der Waals surface area contributed by atoms with Gasteiger partial charge in [-0.2, -0.15) is 10.4 Å². The highest BCUT2D eigenvalue weighted by molar-refractivity contribution is 6.32. The van der Waals surface area contributed by atoms with Gasteiger partial charge in [0.2, 0.25) is 5.88 Å². The van der Waals surface area contributed by atoms with Gasteiger partial charge in [-0.1, -0.05) is 62.7 Å². The molecule has 2 aromatic carbocycles. The van der Waals surface area contributed by atoms with Crippen molar-refractivity contribution in [2.45, 2.75) is 58.2 Å². The summed E-state index contributed by atoms with van der Waals surface area (Å²) in [5.74, 6) is -0.401. The number of aromatic nitrogens is 4. The fraction of sp³-hybridized carbons (Fsp3) is 0.333. The van der Waals surface area contributed by atoms with Crippen LogP contribution in [-0.2, 0) is 12.0 Å². The number of hydrogen-bond acceptors (Lipinski definition) is 5. The number of carbonyl (C=O) groups is 1. The summed E-state index contributed by atoms with van der Waals surface area (Å²) < 4.78 is 4.57. The first-order valence-corrected chi connectivity index (χ1v) is 13.6. The fourth-order valence-electron chi connectivity index (χ4n) is 5.87. The van der Waals surface area contributed by atoms with Crippen LogP contribution in [0.4, 0.5) is 0 Å². The average molecular weight is 557 g/mol. The van der Waals surface area contributed by atoms with Gasteiger partial charge < -0.3 is 10.0 Å². The van der Waals surface area contributed by atoms with E-state index in [-0.39, 0.29) is 34.0 Å². The zero-order valence-electron chi connectivity index (χ0n) is 22.7. The van der Waals surface area contributed by atoms with Crippen molar-refractivity contribution in [1.82, 2.24) is 23.8 Å². The van der Waals surface area contributed by atoms with Crippen LogP contribution in [0, 0.1) is 18.3 Å². The second kappa shape index (κ2) is 9.14. The number of imidazole rings is 1. The third-order valence-corrected chi connectivity index (χ3v) is 8.47. The number of likely N-dealkylation sites (tertiary alicyclic amines) is 1. The summed E-state index contributed by atoms with van der Waals surface area (Å²) in [6, 6.07) is 16.2. The van der Waals surface area contributed by atoms with E-state index in [0.29, 0.717) is 47.7 Å². The second-order valence-corrected chi connectivity index (χ2v) is 11.9. The van der Waals surface area contributed by atoms with Gasteiger partial charge in [0.05, 0.1) is 40.6 Å². The highest BCUT2D eigenvalue weighted by Gasteiger charge is 2.50. The van der Waals surface area contributed by atoms with Crippen molar-refractivity contribution in [3.8, 4) is 17.6 Å². The summed E-state index contributed by atoms with van der Waals surface area (Å²) in [6.07, 6.45) is 0.552. The topological polar surface area (TPSA) is 109 Å². The number of nitriles is 1. The molecule has 4 heterocycles. The lowest BCUT2D eigenvalue weighted by atomic mass is 9.92. The Hall–Kier alpha value is -4.29. The first-order chi connectivity index (χ1) is 19.0. The minimum atomic E-state index is -0.459. The molecule has 10 heteroatoms. The maximum Gasteiger partial charge on any atom is 0.336 e. The zero-order chi connectivity index (χ0) is 28.5. The maximum atomic E-state index is 14.1. The monoisotopic (exact) mass is 556 g/mol. The molecule has 1 fully saturated rings. The molecule has 2 aliphatic heterocycles. The van der Waals surface area contributed by atoms with E-state index >= 15 is 0 Å². The van der Waals surface area contributed by atoms with E-state index in [1.807, 2.05) is 42.5 Å². The SMILES string of the molecule is Cc1c(-n2c(O)c3n(c2=O)[C@@H]2CC3N(C(=O)c3cc(C(C)(C)C)nn3Cc3ccccc3)C2)ccc(C#N)c1Cl. The van der Waals surface area contributed by atoms with E-state index in [0.717, 1.165) is 11.3 Å². The third kappa shape index (κ3) is 3.86. The predicted molar refractivity (Wildman–Crippen MR) is 150 cm³/mol. The van der Waals surface area contributed by atoms with Crippen LogP contribution in [0.2, 0.25) is 5.02 Å². The molecule has 4 aromatic rings. The largest absolute Gasteiger partial charge is 0.493 e. The molecule has 2 bridgehead atoms. The van der Waals surface area contributed by atoms with Gasteiger partial charge in [0, 0.05) is 12.0 Å². The van der Waals surface area contributed by atoms with E-state index < -0.39 is 6.04 Å². The summed E-state index contributed by atoms with van der Waals surface area (Å²) in [7, 11) is 0. The van der Waals surface area contributed by atoms with Gasteiger partial charge in [-0.15, -0.1) is 0 Å². The van der Waals surface area contributed by atoms with E-state index in [9.17, 15) is 20.0 Å². The summed E-state index contributed by atoms with van der Waals surface area (Å²) in [5.41, 5.74) is 3.31. The van der Waals surface area contributed by atoms with E-state index in [2.05, 4.69) is 20.8 Å². The van der Waals surface area contributed by atoms with Crippen molar-refractivity contribution in [3.05, 3.63) is 97.8 Å². The molecule has 0 radical (unpaired) electrons. The number of rotatable bonds is 4. The van der Waals surface area contributed by atoms with Gasteiger partial charge in [0.15, 0.2) is 0 Å². The van der Waals surface area contributed by atoms with Gasteiger partial charge in [-0.3, -0.25) is 14.0 Å². The molecule has 2 aromatic heterocycles. The minimum absolute atomic E-state index is 0.185. The zero-order valence-corrected chi connectivity index (χ0v) is 23.5. The van der Waals surface area contributed by atoms with E-state index in [1.165, 1.54) is 10.6 Å². The lowest BCUT2D eigenvalue weighted by molar-refractivity contribution is 0.0699. The number of hydrogen-bond donors (Lipinski definition) is 1. The van der Waals surface area contributed by atoms with Gasteiger partial charge in [0.25, 0.3) is 5.91 Å². The Morgan fingerprint density at radius 2 is 1.93 bits per heavy atom. The molecule has 0 spiro atoms. The Morgan fingerprint density at radius 1 is 1.20 bits per heavy atom. The van der Waals surface area contributed by atoms with Crippen LogP contribution in [0.25, 0.3) is 5.69 Å². The van der Waals surface area contributed by atoms with Crippen molar-refractivity contribution in [1.29, 1.82) is 5.26 Å². The molecular formula is C30H29ClN6O3. The molecule has 0 saturated carbocycles. The number of benzene rings is 2. The Bertz CT molecular complexity index is 1770. The molecule has 1 saturated heterocycles. The van der Waals surface area contributed by atoms with Crippen LogP contribution in [0.15, 0.2) is 53.3 Å². The van der Waals surface area contributed by atoms with Crippen LogP contribution < -0.4 is 5.69 Å². The first-order valence-electron chi connectivity index (χ1n) is 13.2. The number of amides is 1. The van der Waals surface area contributed by atoms with Crippen molar-refractivity contribution >= 4 is 17.5 Å². The van der Waals surface area contributed by atoms with Crippen molar-refractivity contribution in [2.24, 2.45) is 0 Å². The Morgan fingerprint density at radius 3 is 2.60 bits per heavy atom. The molecule has 1 N–H and O–H groups in total. The molecule has 2 atom stereocenters. The lowest BCUT2D eigenvalue weighted by Gasteiger charge is -2.27. The van der Waals surface area contributed by atoms with Crippen LogP contribution in [0.1, 0.15) is 77.8 Å². The molecule has 204 valence electrons. The normalized spacial score (nSPS) is 17.8. The lowest BCUT2D eigenvalue weighted by Crippen LogP contribution is -2.38. The molecule has 2 aliphatic rings. The van der Waals surface area contributed by atoms with Gasteiger partial charge >= 0.3 is 5.69 Å². The molecule has 1 amide bonds. The molecule has 1 unspecified atom stereocenters. The fourth-order valence-corrected chi connectivity index (χ4v) is 6.07. The third-order valence-electron chi connectivity index (χ3n) is 7.98. The number of aromatic hydroxyl groups is 1. The Balaban J connectivity index is 1.39. The predicted octanol–water partition coefficient (Wildman–Crippen LogP) is 4.86. The average Bonchev–Trinajstić information content (AvgIpc) is 3.68. The summed E-state index contributed by atoms with van der Waals surface area (Å²) in [6.45, 7) is 8.69. The smallest absolute Gasteiger partial charge is 0.336 e. The quantitative estimate of drug-likeness (QED) is 0.386. The molecule has 6 rings (SSSR count). The first kappa shape index (κ1) is 26.0. The number of halogens is 1. The Labute approximate surface area is 236 Å². The van der Waals surface area contributed by atoms with Crippen LogP contribution >= 0.6 is 11.6 Å². The summed E-state index contributed by atoms with van der Waals surface area (Å²) in [5, 5.41) is 25.7. The second-order valence-electron chi connectivity index (χ2n) is 11.6. The van der Waals surface area contributed by atoms with Gasteiger partial charge in [-0.05, 0) is 42.7 Å². The van der Waals surface area contributed by atoms with Crippen LogP contribution in [0.3, 0.4) is 0 Å². The van der Waals surface area contributed by atoms with E-state index in [1.54, 1.807) is 27.1 Å². The molecule has 40 heavy (non-hydrogen) atoms. The molecule has 9 nitrogen and oxygen atoms in total. The van der Waals surface area contributed by atoms with Gasteiger partial charge in [-0.25, -0.2) is 9.36 Å². The number of carbonyl (C=O) groups excluding carboxylic acids is 1. The van der Waals surface area contributed by atoms with Crippen molar-refractivity contribution in [2.75, 3.05) is 6.54 Å². The van der Waals surface area contributed by atoms with Gasteiger partial charge in [0.1, 0.15) is 17.5 Å². The van der Waals surface area contributed by atoms with Crippen molar-refractivity contribution < 1.29 is 9.90 Å².